The fraction of sp³-hybridized carbons (Fsp3) is 0.429. The molecule has 5 nitrogen and oxygen atoms in total. The molecule has 110 valence electrons. The fourth-order valence-corrected chi connectivity index (χ4v) is 2.46. The van der Waals surface area contributed by atoms with Gasteiger partial charge in [-0.25, -0.2) is 4.39 Å². The third kappa shape index (κ3) is 4.31. The molecule has 6 heteroatoms. The van der Waals surface area contributed by atoms with Crippen LogP contribution in [0, 0.1) is 5.82 Å². The number of hydrogen-bond donors (Lipinski definition) is 3. The molecule has 1 aliphatic heterocycles. The number of carboxylic acid groups (broad SMARTS) is 1. The maximum Gasteiger partial charge on any atom is 0.290 e. The van der Waals surface area contributed by atoms with Crippen molar-refractivity contribution in [3.8, 4) is 0 Å². The molecule has 0 radical (unpaired) electrons. The summed E-state index contributed by atoms with van der Waals surface area (Å²) >= 11 is 0. The van der Waals surface area contributed by atoms with Crippen LogP contribution in [0.4, 0.5) is 4.39 Å². The standard InChI is InChI=1S/C13H17FN2O.CH2O2/c1-10(17)16-13(5-7-15-8-6-13)11-3-2-4-12(14)9-11;2-1-3/h2-4,9,15H,5-8H2,1H3,(H,16,17);1H,(H,2,3). The van der Waals surface area contributed by atoms with Gasteiger partial charge in [-0.15, -0.1) is 0 Å². The highest BCUT2D eigenvalue weighted by molar-refractivity contribution is 5.74. The Kier molecular flexibility index (Phi) is 6.11. The zero-order valence-corrected chi connectivity index (χ0v) is 11.4. The van der Waals surface area contributed by atoms with Crippen LogP contribution in [0.15, 0.2) is 24.3 Å². The molecule has 1 saturated heterocycles. The fourth-order valence-electron chi connectivity index (χ4n) is 2.46. The highest BCUT2D eigenvalue weighted by atomic mass is 19.1. The first kappa shape index (κ1) is 16.1. The van der Waals surface area contributed by atoms with Crippen LogP contribution >= 0.6 is 0 Å². The number of halogens is 1. The summed E-state index contributed by atoms with van der Waals surface area (Å²) in [6, 6.07) is 6.51. The van der Waals surface area contributed by atoms with Crippen molar-refractivity contribution in [1.29, 1.82) is 0 Å². The molecular weight excluding hydrogens is 263 g/mol. The van der Waals surface area contributed by atoms with Crippen LogP contribution in [-0.2, 0) is 15.1 Å². The highest BCUT2D eigenvalue weighted by Gasteiger charge is 2.34. The van der Waals surface area contributed by atoms with Crippen LogP contribution in [-0.4, -0.2) is 30.6 Å². The lowest BCUT2D eigenvalue weighted by Gasteiger charge is -2.38. The van der Waals surface area contributed by atoms with E-state index in [2.05, 4.69) is 10.6 Å². The lowest BCUT2D eigenvalue weighted by atomic mass is 9.81. The van der Waals surface area contributed by atoms with Gasteiger partial charge in [0.2, 0.25) is 5.91 Å². The summed E-state index contributed by atoms with van der Waals surface area (Å²) in [5.41, 5.74) is 0.438. The van der Waals surface area contributed by atoms with Crippen molar-refractivity contribution in [2.24, 2.45) is 0 Å². The number of rotatable bonds is 2. The van der Waals surface area contributed by atoms with Gasteiger partial charge in [-0.2, -0.15) is 0 Å². The summed E-state index contributed by atoms with van der Waals surface area (Å²) in [6.45, 7) is 2.91. The predicted molar refractivity (Wildman–Crippen MR) is 72.7 cm³/mol. The van der Waals surface area contributed by atoms with Crippen LogP contribution in [0.5, 0.6) is 0 Å². The van der Waals surface area contributed by atoms with E-state index in [4.69, 9.17) is 9.90 Å². The summed E-state index contributed by atoms with van der Waals surface area (Å²) in [4.78, 5) is 19.7. The van der Waals surface area contributed by atoms with Gasteiger partial charge in [0, 0.05) is 6.92 Å². The zero-order chi connectivity index (χ0) is 15.0. The van der Waals surface area contributed by atoms with Crippen molar-refractivity contribution in [2.45, 2.75) is 25.3 Å². The van der Waals surface area contributed by atoms with Crippen molar-refractivity contribution in [3.63, 3.8) is 0 Å². The van der Waals surface area contributed by atoms with Gasteiger partial charge < -0.3 is 15.7 Å². The topological polar surface area (TPSA) is 78.4 Å². The second kappa shape index (κ2) is 7.59. The molecule has 3 N–H and O–H groups in total. The number of piperidine rings is 1. The molecule has 1 amide bonds. The van der Waals surface area contributed by atoms with E-state index in [1.165, 1.54) is 19.1 Å². The Morgan fingerprint density at radius 3 is 2.55 bits per heavy atom. The van der Waals surface area contributed by atoms with E-state index in [1.54, 1.807) is 6.07 Å². The summed E-state index contributed by atoms with van der Waals surface area (Å²) in [5.74, 6) is -0.332. The van der Waals surface area contributed by atoms with E-state index in [1.807, 2.05) is 6.07 Å². The maximum absolute atomic E-state index is 13.3. The quantitative estimate of drug-likeness (QED) is 0.713. The molecule has 0 aromatic heterocycles. The molecular formula is C14H19FN2O3. The Labute approximate surface area is 117 Å². The molecule has 1 heterocycles. The minimum absolute atomic E-state index is 0.0730. The van der Waals surface area contributed by atoms with Crippen molar-refractivity contribution in [1.82, 2.24) is 10.6 Å². The number of carbonyl (C=O) groups excluding carboxylic acids is 1. The summed E-state index contributed by atoms with van der Waals surface area (Å²) in [6.07, 6.45) is 1.58. The zero-order valence-electron chi connectivity index (χ0n) is 11.4. The molecule has 0 unspecified atom stereocenters. The second-order valence-corrected chi connectivity index (χ2v) is 4.63. The maximum atomic E-state index is 13.3. The van der Waals surface area contributed by atoms with Gasteiger partial charge in [0.1, 0.15) is 5.82 Å². The summed E-state index contributed by atoms with van der Waals surface area (Å²) < 4.78 is 13.3. The van der Waals surface area contributed by atoms with Crippen molar-refractivity contribution in [2.75, 3.05) is 13.1 Å². The minimum Gasteiger partial charge on any atom is -0.483 e. The summed E-state index contributed by atoms with van der Waals surface area (Å²) in [5, 5.41) is 13.1. The van der Waals surface area contributed by atoms with Crippen LogP contribution in [0.1, 0.15) is 25.3 Å². The monoisotopic (exact) mass is 282 g/mol. The number of carbonyl (C=O) groups is 2. The van der Waals surface area contributed by atoms with E-state index in [0.717, 1.165) is 31.5 Å². The molecule has 0 bridgehead atoms. The van der Waals surface area contributed by atoms with Crippen LogP contribution in [0.3, 0.4) is 0 Å². The van der Waals surface area contributed by atoms with Gasteiger partial charge in [-0.05, 0) is 43.6 Å². The van der Waals surface area contributed by atoms with E-state index in [-0.39, 0.29) is 18.2 Å². The third-order valence-corrected chi connectivity index (χ3v) is 3.25. The van der Waals surface area contributed by atoms with Gasteiger partial charge >= 0.3 is 0 Å². The molecule has 0 spiro atoms. The Morgan fingerprint density at radius 1 is 1.45 bits per heavy atom. The normalized spacial score (nSPS) is 16.5. The van der Waals surface area contributed by atoms with Gasteiger partial charge in [0.05, 0.1) is 5.54 Å². The lowest BCUT2D eigenvalue weighted by Crippen LogP contribution is -2.51. The molecule has 1 aromatic rings. The van der Waals surface area contributed by atoms with Crippen molar-refractivity contribution in [3.05, 3.63) is 35.6 Å². The Balaban J connectivity index is 0.000000612. The van der Waals surface area contributed by atoms with Gasteiger partial charge in [-0.3, -0.25) is 9.59 Å². The highest BCUT2D eigenvalue weighted by Crippen LogP contribution is 2.30. The van der Waals surface area contributed by atoms with Crippen molar-refractivity contribution < 1.29 is 19.1 Å². The van der Waals surface area contributed by atoms with Crippen molar-refractivity contribution >= 4 is 12.4 Å². The van der Waals surface area contributed by atoms with Gasteiger partial charge in [0.15, 0.2) is 0 Å². The largest absolute Gasteiger partial charge is 0.483 e. The van der Waals surface area contributed by atoms with Crippen LogP contribution < -0.4 is 10.6 Å². The summed E-state index contributed by atoms with van der Waals surface area (Å²) in [7, 11) is 0. The smallest absolute Gasteiger partial charge is 0.290 e. The van der Waals surface area contributed by atoms with Crippen LogP contribution in [0.2, 0.25) is 0 Å². The first-order valence-electron chi connectivity index (χ1n) is 6.37. The van der Waals surface area contributed by atoms with E-state index in [0.29, 0.717) is 0 Å². The molecule has 1 aliphatic rings. The number of nitrogens with one attached hydrogen (secondary N) is 2. The van der Waals surface area contributed by atoms with E-state index in [9.17, 15) is 9.18 Å². The molecule has 0 aliphatic carbocycles. The SMILES string of the molecule is CC(=O)NC1(c2cccc(F)c2)CCNCC1.O=CO. The second-order valence-electron chi connectivity index (χ2n) is 4.63. The number of hydrogen-bond acceptors (Lipinski definition) is 3. The van der Waals surface area contributed by atoms with Crippen LogP contribution in [0.25, 0.3) is 0 Å². The Morgan fingerprint density at radius 2 is 2.05 bits per heavy atom. The molecule has 0 saturated carbocycles. The lowest BCUT2D eigenvalue weighted by molar-refractivity contribution is -0.123. The average Bonchev–Trinajstić information content (AvgIpc) is 2.40. The Hall–Kier alpha value is -1.95. The predicted octanol–water partition coefficient (Wildman–Crippen LogP) is 1.24. The average molecular weight is 282 g/mol. The van der Waals surface area contributed by atoms with E-state index >= 15 is 0 Å². The van der Waals surface area contributed by atoms with Gasteiger partial charge in [-0.1, -0.05) is 12.1 Å². The Bertz CT molecular complexity index is 459. The third-order valence-electron chi connectivity index (χ3n) is 3.25. The first-order valence-corrected chi connectivity index (χ1v) is 6.37. The molecule has 20 heavy (non-hydrogen) atoms. The molecule has 2 rings (SSSR count). The minimum atomic E-state index is -0.417. The first-order chi connectivity index (χ1) is 9.54. The van der Waals surface area contributed by atoms with Gasteiger partial charge in [0.25, 0.3) is 6.47 Å². The molecule has 1 fully saturated rings. The molecule has 0 atom stereocenters. The number of benzene rings is 1. The van der Waals surface area contributed by atoms with E-state index < -0.39 is 5.54 Å². The number of amides is 1. The molecule has 1 aromatic carbocycles.